The summed E-state index contributed by atoms with van der Waals surface area (Å²) < 4.78 is 27.1. The molecule has 4 rings (SSSR count). The van der Waals surface area contributed by atoms with Crippen LogP contribution in [0.15, 0.2) is 60.8 Å². The first-order chi connectivity index (χ1) is 13.1. The first kappa shape index (κ1) is 16.9. The lowest BCUT2D eigenvalue weighted by molar-refractivity contribution is 0.583. The van der Waals surface area contributed by atoms with E-state index in [-0.39, 0.29) is 0 Å². The Hall–Kier alpha value is -3.54. The van der Waals surface area contributed by atoms with Crippen LogP contribution in [-0.2, 0) is 0 Å². The summed E-state index contributed by atoms with van der Waals surface area (Å²) in [6, 6.07) is 14.8. The molecule has 0 atom stereocenters. The van der Waals surface area contributed by atoms with Crippen LogP contribution in [0, 0.1) is 11.6 Å². The lowest BCUT2D eigenvalue weighted by Crippen LogP contribution is -2.09. The van der Waals surface area contributed by atoms with E-state index in [1.165, 1.54) is 12.1 Å². The molecule has 0 bridgehead atoms. The number of hydrogen-bond donors (Lipinski definition) is 1. The average molecular weight is 362 g/mol. The summed E-state index contributed by atoms with van der Waals surface area (Å²) in [6.45, 7) is 0. The average Bonchev–Trinajstić information content (AvgIpc) is 3.08. The summed E-state index contributed by atoms with van der Waals surface area (Å²) in [4.78, 5) is 5.98. The van der Waals surface area contributed by atoms with E-state index in [4.69, 9.17) is 0 Å². The van der Waals surface area contributed by atoms with Gasteiger partial charge in [0.2, 0.25) is 0 Å². The number of nitrogens with zero attached hydrogens (tertiary/aromatic N) is 3. The van der Waals surface area contributed by atoms with Crippen molar-refractivity contribution in [1.29, 1.82) is 0 Å². The van der Waals surface area contributed by atoms with E-state index >= 15 is 0 Å². The smallest absolute Gasteiger partial charge is 0.128 e. The van der Waals surface area contributed by atoms with Gasteiger partial charge in [-0.05, 0) is 54.6 Å². The van der Waals surface area contributed by atoms with Gasteiger partial charge in [0.15, 0.2) is 0 Å². The Balaban J connectivity index is 1.70. The van der Waals surface area contributed by atoms with E-state index in [2.05, 4.69) is 15.2 Å². The first-order valence-electron chi connectivity index (χ1n) is 8.37. The van der Waals surface area contributed by atoms with Gasteiger partial charge in [0.05, 0.1) is 16.9 Å². The molecule has 0 radical (unpaired) electrons. The molecular weight excluding hydrogens is 346 g/mol. The fourth-order valence-corrected chi connectivity index (χ4v) is 2.88. The topological polar surface area (TPSA) is 44.8 Å². The highest BCUT2D eigenvalue weighted by Crippen LogP contribution is 2.29. The van der Waals surface area contributed by atoms with Crippen LogP contribution in [0.3, 0.4) is 0 Å². The van der Waals surface area contributed by atoms with Gasteiger partial charge >= 0.3 is 0 Å². The normalized spacial score (nSPS) is 11.4. The number of aromatic nitrogens is 3. The van der Waals surface area contributed by atoms with Crippen LogP contribution in [0.2, 0.25) is 0 Å². The molecule has 1 N–H and O–H groups in total. The Kier molecular flexibility index (Phi) is 4.38. The van der Waals surface area contributed by atoms with Crippen LogP contribution in [0.4, 0.5) is 20.2 Å². The van der Waals surface area contributed by atoms with E-state index < -0.39 is 11.6 Å². The van der Waals surface area contributed by atoms with Crippen LogP contribution in [0.1, 0.15) is 11.4 Å². The van der Waals surface area contributed by atoms with Gasteiger partial charge in [-0.15, -0.1) is 0 Å². The highest BCUT2D eigenvalue weighted by atomic mass is 19.1. The van der Waals surface area contributed by atoms with E-state index in [1.54, 1.807) is 18.1 Å². The summed E-state index contributed by atoms with van der Waals surface area (Å²) in [5, 5.41) is 8.23. The SMILES string of the molecule is CN(c1cc(F)cc(F)c1)c1ccc2[nH]nc(C=Cc3ccccn3)c2c1. The van der Waals surface area contributed by atoms with Gasteiger partial charge in [-0.3, -0.25) is 10.1 Å². The quantitative estimate of drug-likeness (QED) is 0.544. The molecule has 0 spiro atoms. The van der Waals surface area contributed by atoms with Crippen molar-refractivity contribution in [3.05, 3.63) is 83.8 Å². The van der Waals surface area contributed by atoms with Crippen LogP contribution in [0.25, 0.3) is 23.1 Å². The Morgan fingerprint density at radius 2 is 1.74 bits per heavy atom. The second kappa shape index (κ2) is 6.99. The van der Waals surface area contributed by atoms with Crippen LogP contribution in [0.5, 0.6) is 0 Å². The Morgan fingerprint density at radius 3 is 2.48 bits per heavy atom. The van der Waals surface area contributed by atoms with Gasteiger partial charge in [-0.25, -0.2) is 8.78 Å². The van der Waals surface area contributed by atoms with E-state index in [0.717, 1.165) is 34.0 Å². The molecule has 2 aromatic carbocycles. The summed E-state index contributed by atoms with van der Waals surface area (Å²) in [5.41, 5.74) is 3.69. The molecule has 0 aliphatic heterocycles. The number of anilines is 2. The highest BCUT2D eigenvalue weighted by Gasteiger charge is 2.10. The van der Waals surface area contributed by atoms with Gasteiger partial charge in [0.25, 0.3) is 0 Å². The summed E-state index contributed by atoms with van der Waals surface area (Å²) in [7, 11) is 1.76. The summed E-state index contributed by atoms with van der Waals surface area (Å²) in [6.07, 6.45) is 5.49. The number of H-pyrrole nitrogens is 1. The number of pyridine rings is 1. The van der Waals surface area contributed by atoms with E-state index in [1.807, 2.05) is 48.6 Å². The van der Waals surface area contributed by atoms with Crippen molar-refractivity contribution >= 4 is 34.4 Å². The lowest BCUT2D eigenvalue weighted by Gasteiger charge is -2.19. The molecule has 0 amide bonds. The highest BCUT2D eigenvalue weighted by molar-refractivity contribution is 5.92. The number of nitrogens with one attached hydrogen (secondary N) is 1. The number of rotatable bonds is 4. The third-order valence-corrected chi connectivity index (χ3v) is 4.30. The van der Waals surface area contributed by atoms with Crippen molar-refractivity contribution in [2.24, 2.45) is 0 Å². The van der Waals surface area contributed by atoms with Crippen LogP contribution in [-0.4, -0.2) is 22.2 Å². The molecule has 27 heavy (non-hydrogen) atoms. The minimum Gasteiger partial charge on any atom is -0.344 e. The molecule has 134 valence electrons. The predicted octanol–water partition coefficient (Wildman–Crippen LogP) is 5.17. The fourth-order valence-electron chi connectivity index (χ4n) is 2.88. The number of fused-ring (bicyclic) bond motifs is 1. The van der Waals surface area contributed by atoms with Crippen molar-refractivity contribution in [2.75, 3.05) is 11.9 Å². The maximum Gasteiger partial charge on any atom is 0.128 e. The third kappa shape index (κ3) is 3.55. The largest absolute Gasteiger partial charge is 0.344 e. The molecule has 2 aromatic heterocycles. The Morgan fingerprint density at radius 1 is 0.926 bits per heavy atom. The molecule has 0 saturated carbocycles. The van der Waals surface area contributed by atoms with Gasteiger partial charge in [-0.2, -0.15) is 5.10 Å². The summed E-state index contributed by atoms with van der Waals surface area (Å²) >= 11 is 0. The van der Waals surface area contributed by atoms with Crippen molar-refractivity contribution < 1.29 is 8.78 Å². The molecule has 6 heteroatoms. The summed E-state index contributed by atoms with van der Waals surface area (Å²) in [5.74, 6) is -1.22. The molecule has 0 aliphatic carbocycles. The standard InChI is InChI=1S/C21H16F2N4/c1-27(18-11-14(22)10-15(23)12-18)17-6-8-21-19(13-17)20(25-26-21)7-5-16-4-2-3-9-24-16/h2-13H,1H3,(H,25,26). The molecule has 0 fully saturated rings. The van der Waals surface area contributed by atoms with Gasteiger partial charge in [0.1, 0.15) is 11.6 Å². The molecular formula is C21H16F2N4. The zero-order valence-corrected chi connectivity index (χ0v) is 14.5. The van der Waals surface area contributed by atoms with E-state index in [0.29, 0.717) is 5.69 Å². The molecule has 4 aromatic rings. The van der Waals surface area contributed by atoms with Crippen molar-refractivity contribution in [3.63, 3.8) is 0 Å². The molecule has 0 unspecified atom stereocenters. The van der Waals surface area contributed by atoms with Crippen LogP contribution >= 0.6 is 0 Å². The Labute approximate surface area is 154 Å². The van der Waals surface area contributed by atoms with Gasteiger partial charge < -0.3 is 4.90 Å². The maximum absolute atomic E-state index is 13.5. The monoisotopic (exact) mass is 362 g/mol. The number of aromatic amines is 1. The molecule has 4 nitrogen and oxygen atoms in total. The lowest BCUT2D eigenvalue weighted by atomic mass is 10.1. The fraction of sp³-hybridized carbons (Fsp3) is 0.0476. The van der Waals surface area contributed by atoms with Crippen LogP contribution < -0.4 is 4.90 Å². The van der Waals surface area contributed by atoms with Crippen molar-refractivity contribution in [2.45, 2.75) is 0 Å². The molecule has 0 saturated heterocycles. The zero-order valence-electron chi connectivity index (χ0n) is 14.5. The molecule has 0 aliphatic rings. The predicted molar refractivity (Wildman–Crippen MR) is 104 cm³/mol. The Bertz CT molecular complexity index is 1100. The molecule has 2 heterocycles. The third-order valence-electron chi connectivity index (χ3n) is 4.30. The van der Waals surface area contributed by atoms with Crippen molar-refractivity contribution in [3.8, 4) is 0 Å². The van der Waals surface area contributed by atoms with E-state index in [9.17, 15) is 8.78 Å². The minimum atomic E-state index is -0.611. The van der Waals surface area contributed by atoms with Crippen molar-refractivity contribution in [1.82, 2.24) is 15.2 Å². The minimum absolute atomic E-state index is 0.431. The number of benzene rings is 2. The first-order valence-corrected chi connectivity index (χ1v) is 8.37. The number of halogens is 2. The number of hydrogen-bond acceptors (Lipinski definition) is 3. The zero-order chi connectivity index (χ0) is 18.8. The second-order valence-corrected chi connectivity index (χ2v) is 6.11. The maximum atomic E-state index is 13.5. The van der Waals surface area contributed by atoms with Gasteiger partial charge in [0, 0.05) is 36.1 Å². The second-order valence-electron chi connectivity index (χ2n) is 6.11. The van der Waals surface area contributed by atoms with Gasteiger partial charge in [-0.1, -0.05) is 6.07 Å².